The molecule has 1 aliphatic rings. The van der Waals surface area contributed by atoms with Crippen molar-refractivity contribution in [2.75, 3.05) is 13.1 Å². The molecule has 0 radical (unpaired) electrons. The Morgan fingerprint density at radius 2 is 2.05 bits per heavy atom. The fraction of sp³-hybridized carbons (Fsp3) is 0.357. The summed E-state index contributed by atoms with van der Waals surface area (Å²) in [5.74, 6) is -1.63. The SMILES string of the molecule is NC1CCCN(C(=O)C=Cc2c(F)cccc2F)C1. The summed E-state index contributed by atoms with van der Waals surface area (Å²) in [6.07, 6.45) is 4.12. The molecule has 3 nitrogen and oxygen atoms in total. The predicted octanol–water partition coefficient (Wildman–Crippen LogP) is 1.93. The number of likely N-dealkylation sites (tertiary alicyclic amines) is 1. The Labute approximate surface area is 110 Å². The number of rotatable bonds is 2. The van der Waals surface area contributed by atoms with Crippen LogP contribution in [0.25, 0.3) is 6.08 Å². The maximum absolute atomic E-state index is 13.4. The van der Waals surface area contributed by atoms with Gasteiger partial charge in [-0.25, -0.2) is 8.78 Å². The van der Waals surface area contributed by atoms with Gasteiger partial charge in [-0.15, -0.1) is 0 Å². The molecule has 0 bridgehead atoms. The average Bonchev–Trinajstić information content (AvgIpc) is 2.38. The molecule has 0 aromatic heterocycles. The van der Waals surface area contributed by atoms with E-state index in [1.54, 1.807) is 4.90 Å². The average molecular weight is 266 g/mol. The van der Waals surface area contributed by atoms with Crippen molar-refractivity contribution < 1.29 is 13.6 Å². The number of hydrogen-bond acceptors (Lipinski definition) is 2. The second kappa shape index (κ2) is 5.93. The molecule has 1 unspecified atom stereocenters. The number of carbonyl (C=O) groups is 1. The molecule has 5 heteroatoms. The van der Waals surface area contributed by atoms with Crippen molar-refractivity contribution in [3.05, 3.63) is 41.5 Å². The third-order valence-corrected chi connectivity index (χ3v) is 3.16. The van der Waals surface area contributed by atoms with E-state index >= 15 is 0 Å². The fourth-order valence-electron chi connectivity index (χ4n) is 2.14. The number of piperidine rings is 1. The van der Waals surface area contributed by atoms with Crippen LogP contribution < -0.4 is 5.73 Å². The normalized spacial score (nSPS) is 19.9. The van der Waals surface area contributed by atoms with Gasteiger partial charge < -0.3 is 10.6 Å². The molecular formula is C14H16F2N2O. The molecule has 1 amide bonds. The summed E-state index contributed by atoms with van der Waals surface area (Å²) in [5.41, 5.74) is 5.58. The molecule has 1 aromatic carbocycles. The van der Waals surface area contributed by atoms with Gasteiger partial charge in [-0.1, -0.05) is 6.07 Å². The van der Waals surface area contributed by atoms with E-state index in [0.29, 0.717) is 13.1 Å². The number of amides is 1. The van der Waals surface area contributed by atoms with E-state index in [-0.39, 0.29) is 17.5 Å². The van der Waals surface area contributed by atoms with Crippen LogP contribution in [-0.2, 0) is 4.79 Å². The standard InChI is InChI=1S/C14H16F2N2O/c15-12-4-1-5-13(16)11(12)6-7-14(19)18-8-2-3-10(17)9-18/h1,4-7,10H,2-3,8-9,17H2. The van der Waals surface area contributed by atoms with Crippen molar-refractivity contribution >= 4 is 12.0 Å². The highest BCUT2D eigenvalue weighted by atomic mass is 19.1. The van der Waals surface area contributed by atoms with Gasteiger partial charge in [-0.3, -0.25) is 4.79 Å². The van der Waals surface area contributed by atoms with Gasteiger partial charge in [-0.05, 0) is 31.1 Å². The van der Waals surface area contributed by atoms with Crippen molar-refractivity contribution in [3.63, 3.8) is 0 Å². The van der Waals surface area contributed by atoms with E-state index in [1.165, 1.54) is 18.2 Å². The van der Waals surface area contributed by atoms with Crippen LogP contribution >= 0.6 is 0 Å². The lowest BCUT2D eigenvalue weighted by Gasteiger charge is -2.29. The highest BCUT2D eigenvalue weighted by molar-refractivity contribution is 5.91. The largest absolute Gasteiger partial charge is 0.338 e. The second-order valence-electron chi connectivity index (χ2n) is 4.66. The minimum absolute atomic E-state index is 0.0173. The van der Waals surface area contributed by atoms with E-state index in [4.69, 9.17) is 5.73 Å². The minimum Gasteiger partial charge on any atom is -0.338 e. The van der Waals surface area contributed by atoms with E-state index < -0.39 is 11.6 Å². The van der Waals surface area contributed by atoms with Gasteiger partial charge in [0, 0.05) is 30.8 Å². The lowest BCUT2D eigenvalue weighted by molar-refractivity contribution is -0.127. The maximum atomic E-state index is 13.4. The lowest BCUT2D eigenvalue weighted by Crippen LogP contribution is -2.45. The Bertz CT molecular complexity index is 482. The third-order valence-electron chi connectivity index (χ3n) is 3.16. The first-order valence-corrected chi connectivity index (χ1v) is 6.24. The van der Waals surface area contributed by atoms with Gasteiger partial charge >= 0.3 is 0 Å². The molecule has 0 aliphatic carbocycles. The van der Waals surface area contributed by atoms with Gasteiger partial charge in [0.1, 0.15) is 11.6 Å². The zero-order chi connectivity index (χ0) is 13.8. The van der Waals surface area contributed by atoms with E-state index in [0.717, 1.165) is 25.0 Å². The highest BCUT2D eigenvalue weighted by Crippen LogP contribution is 2.14. The summed E-state index contributed by atoms with van der Waals surface area (Å²) in [4.78, 5) is 13.5. The predicted molar refractivity (Wildman–Crippen MR) is 69.2 cm³/mol. The first-order chi connectivity index (χ1) is 9.08. The first-order valence-electron chi connectivity index (χ1n) is 6.24. The number of nitrogens with two attached hydrogens (primary N) is 1. The summed E-state index contributed by atoms with van der Waals surface area (Å²) in [5, 5.41) is 0. The molecule has 2 rings (SSSR count). The van der Waals surface area contributed by atoms with Crippen molar-refractivity contribution in [3.8, 4) is 0 Å². The van der Waals surface area contributed by atoms with Crippen LogP contribution in [0.4, 0.5) is 8.78 Å². The second-order valence-corrected chi connectivity index (χ2v) is 4.66. The summed E-state index contributed by atoms with van der Waals surface area (Å²) in [7, 11) is 0. The smallest absolute Gasteiger partial charge is 0.246 e. The Balaban J connectivity index is 2.08. The third kappa shape index (κ3) is 3.38. The van der Waals surface area contributed by atoms with E-state index in [9.17, 15) is 13.6 Å². The summed E-state index contributed by atoms with van der Waals surface area (Å²) in [6.45, 7) is 1.12. The quantitative estimate of drug-likeness (QED) is 0.831. The molecule has 102 valence electrons. The first kappa shape index (κ1) is 13.7. The molecule has 1 heterocycles. The molecule has 2 N–H and O–H groups in total. The zero-order valence-corrected chi connectivity index (χ0v) is 10.5. The Morgan fingerprint density at radius 1 is 1.37 bits per heavy atom. The maximum Gasteiger partial charge on any atom is 0.246 e. The number of benzene rings is 1. The molecule has 0 spiro atoms. The van der Waals surface area contributed by atoms with Crippen molar-refractivity contribution in [2.24, 2.45) is 5.73 Å². The minimum atomic E-state index is -0.681. The summed E-state index contributed by atoms with van der Waals surface area (Å²) >= 11 is 0. The van der Waals surface area contributed by atoms with E-state index in [1.807, 2.05) is 0 Å². The molecule has 0 saturated carbocycles. The van der Waals surface area contributed by atoms with Gasteiger partial charge in [0.25, 0.3) is 0 Å². The fourth-order valence-corrected chi connectivity index (χ4v) is 2.14. The number of hydrogen-bond donors (Lipinski definition) is 1. The monoisotopic (exact) mass is 266 g/mol. The van der Waals surface area contributed by atoms with Crippen LogP contribution in [0.15, 0.2) is 24.3 Å². The lowest BCUT2D eigenvalue weighted by atomic mass is 10.1. The Hall–Kier alpha value is -1.75. The number of carbonyl (C=O) groups excluding carboxylic acids is 1. The summed E-state index contributed by atoms with van der Waals surface area (Å²) in [6, 6.07) is 3.58. The molecule has 1 atom stereocenters. The van der Waals surface area contributed by atoms with E-state index in [2.05, 4.69) is 0 Å². The molecule has 1 aromatic rings. The van der Waals surface area contributed by atoms with Crippen LogP contribution in [0.2, 0.25) is 0 Å². The Morgan fingerprint density at radius 3 is 2.68 bits per heavy atom. The highest BCUT2D eigenvalue weighted by Gasteiger charge is 2.19. The van der Waals surface area contributed by atoms with Gasteiger partial charge in [0.15, 0.2) is 0 Å². The Kier molecular flexibility index (Phi) is 4.27. The molecule has 1 fully saturated rings. The van der Waals surface area contributed by atoms with Crippen molar-refractivity contribution in [1.29, 1.82) is 0 Å². The van der Waals surface area contributed by atoms with Gasteiger partial charge in [0.2, 0.25) is 5.91 Å². The summed E-state index contributed by atoms with van der Waals surface area (Å²) < 4.78 is 26.7. The molecule has 1 saturated heterocycles. The number of nitrogens with zero attached hydrogens (tertiary/aromatic N) is 1. The van der Waals surface area contributed by atoms with Gasteiger partial charge in [-0.2, -0.15) is 0 Å². The van der Waals surface area contributed by atoms with Crippen molar-refractivity contribution in [2.45, 2.75) is 18.9 Å². The van der Waals surface area contributed by atoms with Crippen LogP contribution in [0, 0.1) is 11.6 Å². The van der Waals surface area contributed by atoms with Crippen LogP contribution in [0.3, 0.4) is 0 Å². The zero-order valence-electron chi connectivity index (χ0n) is 10.5. The van der Waals surface area contributed by atoms with Crippen LogP contribution in [0.1, 0.15) is 18.4 Å². The topological polar surface area (TPSA) is 46.3 Å². The van der Waals surface area contributed by atoms with Crippen LogP contribution in [-0.4, -0.2) is 29.9 Å². The molecule has 19 heavy (non-hydrogen) atoms. The molecular weight excluding hydrogens is 250 g/mol. The number of halogens is 2. The van der Waals surface area contributed by atoms with Gasteiger partial charge in [0.05, 0.1) is 0 Å². The van der Waals surface area contributed by atoms with Crippen LogP contribution in [0.5, 0.6) is 0 Å². The van der Waals surface area contributed by atoms with Crippen molar-refractivity contribution in [1.82, 2.24) is 4.90 Å². The molecule has 1 aliphatic heterocycles.